The molecule has 1 aromatic rings. The molecule has 1 saturated heterocycles. The van der Waals surface area contributed by atoms with Gasteiger partial charge in [0.15, 0.2) is 0 Å². The predicted molar refractivity (Wildman–Crippen MR) is 78.5 cm³/mol. The average molecular weight is 327 g/mol. The highest BCUT2D eigenvalue weighted by Gasteiger charge is 2.28. The van der Waals surface area contributed by atoms with Crippen molar-refractivity contribution in [2.45, 2.75) is 32.2 Å². The minimum absolute atomic E-state index is 0.00754. The van der Waals surface area contributed by atoms with Crippen molar-refractivity contribution >= 4 is 29.3 Å². The molecule has 1 aromatic carbocycles. The summed E-state index contributed by atoms with van der Waals surface area (Å²) in [6, 6.07) is 3.88. The third-order valence-electron chi connectivity index (χ3n) is 3.54. The lowest BCUT2D eigenvalue weighted by Crippen LogP contribution is -2.34. The SMILES string of the molecule is C[C@H](NC(=O)CCN1C(=O)CCC1=O)c1ccc(F)c(Cl)c1. The Balaban J connectivity index is 1.87. The average Bonchev–Trinajstić information content (AvgIpc) is 2.78. The first-order valence-electron chi connectivity index (χ1n) is 6.96. The summed E-state index contributed by atoms with van der Waals surface area (Å²) in [7, 11) is 0. The molecule has 118 valence electrons. The molecule has 5 nitrogen and oxygen atoms in total. The zero-order valence-electron chi connectivity index (χ0n) is 12.1. The van der Waals surface area contributed by atoms with E-state index >= 15 is 0 Å². The van der Waals surface area contributed by atoms with E-state index in [0.29, 0.717) is 5.56 Å². The van der Waals surface area contributed by atoms with Crippen LogP contribution in [0.15, 0.2) is 18.2 Å². The number of halogens is 2. The van der Waals surface area contributed by atoms with Crippen molar-refractivity contribution in [2.24, 2.45) is 0 Å². The minimum atomic E-state index is -0.519. The Morgan fingerprint density at radius 3 is 2.59 bits per heavy atom. The molecular formula is C15H16ClFN2O3. The molecule has 0 saturated carbocycles. The Bertz CT molecular complexity index is 605. The molecule has 3 amide bonds. The van der Waals surface area contributed by atoms with E-state index in [4.69, 9.17) is 11.6 Å². The maximum absolute atomic E-state index is 13.1. The highest BCUT2D eigenvalue weighted by atomic mass is 35.5. The second-order valence-electron chi connectivity index (χ2n) is 5.15. The van der Waals surface area contributed by atoms with Crippen LogP contribution in [0, 0.1) is 5.82 Å². The third-order valence-corrected chi connectivity index (χ3v) is 3.83. The van der Waals surface area contributed by atoms with Crippen LogP contribution in [0.4, 0.5) is 4.39 Å². The molecule has 1 aliphatic rings. The topological polar surface area (TPSA) is 66.5 Å². The van der Waals surface area contributed by atoms with Crippen LogP contribution in [0.2, 0.25) is 5.02 Å². The monoisotopic (exact) mass is 326 g/mol. The van der Waals surface area contributed by atoms with Crippen LogP contribution in [0.3, 0.4) is 0 Å². The molecule has 0 unspecified atom stereocenters. The molecule has 1 aliphatic heterocycles. The molecule has 7 heteroatoms. The van der Waals surface area contributed by atoms with Gasteiger partial charge in [0.2, 0.25) is 17.7 Å². The highest BCUT2D eigenvalue weighted by molar-refractivity contribution is 6.30. The van der Waals surface area contributed by atoms with E-state index in [9.17, 15) is 18.8 Å². The first kappa shape index (κ1) is 16.4. The van der Waals surface area contributed by atoms with Crippen LogP contribution in [0.5, 0.6) is 0 Å². The lowest BCUT2D eigenvalue weighted by atomic mass is 10.1. The molecular weight excluding hydrogens is 311 g/mol. The van der Waals surface area contributed by atoms with Gasteiger partial charge in [0.1, 0.15) is 5.82 Å². The van der Waals surface area contributed by atoms with E-state index in [0.717, 1.165) is 4.90 Å². The quantitative estimate of drug-likeness (QED) is 0.843. The van der Waals surface area contributed by atoms with Crippen molar-refractivity contribution in [3.63, 3.8) is 0 Å². The van der Waals surface area contributed by atoms with Gasteiger partial charge in [-0.3, -0.25) is 19.3 Å². The van der Waals surface area contributed by atoms with Crippen molar-refractivity contribution in [2.75, 3.05) is 6.54 Å². The van der Waals surface area contributed by atoms with Gasteiger partial charge in [0, 0.05) is 25.8 Å². The largest absolute Gasteiger partial charge is 0.350 e. The van der Waals surface area contributed by atoms with Crippen LogP contribution in [-0.2, 0) is 14.4 Å². The number of likely N-dealkylation sites (tertiary alicyclic amines) is 1. The molecule has 0 aromatic heterocycles. The van der Waals surface area contributed by atoms with Gasteiger partial charge in [-0.2, -0.15) is 0 Å². The van der Waals surface area contributed by atoms with E-state index in [-0.39, 0.29) is 54.6 Å². The smallest absolute Gasteiger partial charge is 0.229 e. The predicted octanol–water partition coefficient (Wildman–Crippen LogP) is 2.20. The highest BCUT2D eigenvalue weighted by Crippen LogP contribution is 2.20. The Hall–Kier alpha value is -1.95. The van der Waals surface area contributed by atoms with Crippen LogP contribution in [-0.4, -0.2) is 29.2 Å². The number of carbonyl (C=O) groups is 3. The number of amides is 3. The van der Waals surface area contributed by atoms with Gasteiger partial charge in [-0.1, -0.05) is 17.7 Å². The van der Waals surface area contributed by atoms with Gasteiger partial charge in [-0.25, -0.2) is 4.39 Å². The maximum atomic E-state index is 13.1. The van der Waals surface area contributed by atoms with Gasteiger partial charge in [-0.05, 0) is 24.6 Å². The third kappa shape index (κ3) is 3.82. The first-order chi connectivity index (χ1) is 10.4. The van der Waals surface area contributed by atoms with Gasteiger partial charge in [0.25, 0.3) is 0 Å². The Labute approximate surface area is 132 Å². The van der Waals surface area contributed by atoms with Crippen molar-refractivity contribution < 1.29 is 18.8 Å². The Morgan fingerprint density at radius 1 is 1.36 bits per heavy atom. The summed E-state index contributed by atoms with van der Waals surface area (Å²) < 4.78 is 13.1. The number of hydrogen-bond acceptors (Lipinski definition) is 3. The molecule has 1 atom stereocenters. The van der Waals surface area contributed by atoms with E-state index in [1.165, 1.54) is 12.1 Å². The van der Waals surface area contributed by atoms with Crippen molar-refractivity contribution in [1.82, 2.24) is 10.2 Å². The fraction of sp³-hybridized carbons (Fsp3) is 0.400. The van der Waals surface area contributed by atoms with Crippen LogP contribution >= 0.6 is 11.6 Å². The molecule has 0 radical (unpaired) electrons. The summed E-state index contributed by atoms with van der Waals surface area (Å²) in [6.07, 6.45) is 0.465. The lowest BCUT2D eigenvalue weighted by Gasteiger charge is -2.17. The number of nitrogens with one attached hydrogen (secondary N) is 1. The second-order valence-corrected chi connectivity index (χ2v) is 5.56. The zero-order valence-corrected chi connectivity index (χ0v) is 12.8. The van der Waals surface area contributed by atoms with Crippen molar-refractivity contribution in [3.05, 3.63) is 34.6 Å². The van der Waals surface area contributed by atoms with E-state index in [1.54, 1.807) is 13.0 Å². The molecule has 2 rings (SSSR count). The van der Waals surface area contributed by atoms with Crippen LogP contribution in [0.25, 0.3) is 0 Å². The number of imide groups is 1. The first-order valence-corrected chi connectivity index (χ1v) is 7.34. The number of nitrogens with zero attached hydrogens (tertiary/aromatic N) is 1. The summed E-state index contributed by atoms with van der Waals surface area (Å²) in [6.45, 7) is 1.83. The van der Waals surface area contributed by atoms with E-state index in [2.05, 4.69) is 5.32 Å². The van der Waals surface area contributed by atoms with E-state index in [1.807, 2.05) is 0 Å². The van der Waals surface area contributed by atoms with Crippen LogP contribution in [0.1, 0.15) is 37.8 Å². The number of carbonyl (C=O) groups excluding carboxylic acids is 3. The van der Waals surface area contributed by atoms with Gasteiger partial charge in [-0.15, -0.1) is 0 Å². The van der Waals surface area contributed by atoms with Gasteiger partial charge >= 0.3 is 0 Å². The fourth-order valence-corrected chi connectivity index (χ4v) is 2.45. The van der Waals surface area contributed by atoms with E-state index < -0.39 is 5.82 Å². The number of hydrogen-bond donors (Lipinski definition) is 1. The summed E-state index contributed by atoms with van der Waals surface area (Å²) in [4.78, 5) is 35.9. The van der Waals surface area contributed by atoms with Gasteiger partial charge in [0.05, 0.1) is 11.1 Å². The normalized spacial score (nSPS) is 16.0. The molecule has 1 fully saturated rings. The molecule has 1 heterocycles. The van der Waals surface area contributed by atoms with Gasteiger partial charge < -0.3 is 5.32 Å². The Kier molecular flexibility index (Phi) is 5.13. The summed E-state index contributed by atoms with van der Waals surface area (Å²) in [5.74, 6) is -1.29. The lowest BCUT2D eigenvalue weighted by molar-refractivity contribution is -0.138. The van der Waals surface area contributed by atoms with Crippen molar-refractivity contribution in [1.29, 1.82) is 0 Å². The molecule has 22 heavy (non-hydrogen) atoms. The molecule has 0 spiro atoms. The maximum Gasteiger partial charge on any atom is 0.229 e. The summed E-state index contributed by atoms with van der Waals surface area (Å²) in [5.41, 5.74) is 0.674. The number of benzene rings is 1. The zero-order chi connectivity index (χ0) is 16.3. The second kappa shape index (κ2) is 6.87. The standard InChI is InChI=1S/C15H16ClFN2O3/c1-9(10-2-3-12(17)11(16)8-10)18-13(20)6-7-19-14(21)4-5-15(19)22/h2-3,8-9H,4-7H2,1H3,(H,18,20)/t9-/m0/s1. The van der Waals surface area contributed by atoms with Crippen LogP contribution < -0.4 is 5.32 Å². The minimum Gasteiger partial charge on any atom is -0.350 e. The van der Waals surface area contributed by atoms with Crippen molar-refractivity contribution in [3.8, 4) is 0 Å². The Morgan fingerprint density at radius 2 is 2.00 bits per heavy atom. The summed E-state index contributed by atoms with van der Waals surface area (Å²) >= 11 is 5.70. The molecule has 0 bridgehead atoms. The molecule has 1 N–H and O–H groups in total. The fourth-order valence-electron chi connectivity index (χ4n) is 2.26. The summed E-state index contributed by atoms with van der Waals surface area (Å²) in [5, 5.41) is 2.72. The number of rotatable bonds is 5. The molecule has 0 aliphatic carbocycles.